The molecule has 1 saturated carbocycles. The molecule has 0 atom stereocenters. The Kier molecular flexibility index (Phi) is 8.46. The monoisotopic (exact) mass is 355 g/mol. The average molecular weight is 356 g/mol. The lowest BCUT2D eigenvalue weighted by Crippen LogP contribution is -2.23. The van der Waals surface area contributed by atoms with Crippen LogP contribution < -0.4 is 5.32 Å². The van der Waals surface area contributed by atoms with E-state index in [0.717, 1.165) is 24.9 Å². The van der Waals surface area contributed by atoms with E-state index >= 15 is 0 Å². The molecule has 1 aromatic carbocycles. The standard InChI is InChI=1S/C23H33NO2/c1-4-13-24-22(23(25)26-14-5-2)17-20-12-11-18(3)21(16-20)15-19-9-7-6-8-10-19/h11-12,15-17,24H,4-10,13-14H2,1-3H3/b22-17-. The molecule has 1 aromatic rings. The second-order valence-electron chi connectivity index (χ2n) is 7.10. The van der Waals surface area contributed by atoms with Crippen molar-refractivity contribution in [2.75, 3.05) is 13.2 Å². The van der Waals surface area contributed by atoms with E-state index in [4.69, 9.17) is 4.74 Å². The van der Waals surface area contributed by atoms with Gasteiger partial charge < -0.3 is 10.1 Å². The molecule has 2 rings (SSSR count). The fourth-order valence-corrected chi connectivity index (χ4v) is 3.16. The van der Waals surface area contributed by atoms with Gasteiger partial charge in [-0.15, -0.1) is 0 Å². The predicted molar refractivity (Wildman–Crippen MR) is 110 cm³/mol. The second kappa shape index (κ2) is 10.8. The van der Waals surface area contributed by atoms with Crippen LogP contribution in [0.25, 0.3) is 12.2 Å². The van der Waals surface area contributed by atoms with Gasteiger partial charge in [-0.25, -0.2) is 4.79 Å². The fourth-order valence-electron chi connectivity index (χ4n) is 3.16. The minimum absolute atomic E-state index is 0.270. The lowest BCUT2D eigenvalue weighted by Gasteiger charge is -2.14. The molecule has 1 N–H and O–H groups in total. The molecule has 0 aromatic heterocycles. The summed E-state index contributed by atoms with van der Waals surface area (Å²) in [5, 5.41) is 3.21. The quantitative estimate of drug-likeness (QED) is 0.485. The number of rotatable bonds is 8. The summed E-state index contributed by atoms with van der Waals surface area (Å²) in [5.41, 5.74) is 5.65. The van der Waals surface area contributed by atoms with Gasteiger partial charge in [0.1, 0.15) is 5.70 Å². The molecule has 0 spiro atoms. The molecule has 0 amide bonds. The summed E-state index contributed by atoms with van der Waals surface area (Å²) in [6.45, 7) is 7.45. The summed E-state index contributed by atoms with van der Waals surface area (Å²) in [5.74, 6) is -0.270. The molecule has 1 aliphatic carbocycles. The minimum Gasteiger partial charge on any atom is -0.461 e. The third-order valence-corrected chi connectivity index (χ3v) is 4.69. The van der Waals surface area contributed by atoms with Gasteiger partial charge in [0, 0.05) is 6.54 Å². The minimum atomic E-state index is -0.270. The maximum absolute atomic E-state index is 12.3. The molecule has 3 nitrogen and oxygen atoms in total. The number of hydrogen-bond donors (Lipinski definition) is 1. The first-order valence-corrected chi connectivity index (χ1v) is 10.1. The number of carbonyl (C=O) groups is 1. The Balaban J connectivity index is 2.24. The van der Waals surface area contributed by atoms with Crippen LogP contribution in [0.1, 0.15) is 75.5 Å². The van der Waals surface area contributed by atoms with Crippen LogP contribution in [0.2, 0.25) is 0 Å². The highest BCUT2D eigenvalue weighted by atomic mass is 16.5. The van der Waals surface area contributed by atoms with Gasteiger partial charge in [0.2, 0.25) is 0 Å². The SMILES string of the molecule is CCCN/C(=C\c1ccc(C)c(C=C2CCCCC2)c1)C(=O)OCCC. The van der Waals surface area contributed by atoms with Crippen molar-refractivity contribution in [3.05, 3.63) is 46.2 Å². The van der Waals surface area contributed by atoms with Crippen LogP contribution in [0.4, 0.5) is 0 Å². The Morgan fingerprint density at radius 2 is 1.92 bits per heavy atom. The number of hydrogen-bond acceptors (Lipinski definition) is 3. The zero-order chi connectivity index (χ0) is 18.8. The first-order chi connectivity index (χ1) is 12.6. The van der Waals surface area contributed by atoms with Crippen LogP contribution in [0, 0.1) is 6.92 Å². The molecule has 0 radical (unpaired) electrons. The van der Waals surface area contributed by atoms with Crippen molar-refractivity contribution in [2.45, 2.75) is 65.7 Å². The van der Waals surface area contributed by atoms with Crippen molar-refractivity contribution in [3.8, 4) is 0 Å². The van der Waals surface area contributed by atoms with Crippen molar-refractivity contribution in [2.24, 2.45) is 0 Å². The number of allylic oxidation sites excluding steroid dienone is 1. The van der Waals surface area contributed by atoms with Gasteiger partial charge in [-0.3, -0.25) is 0 Å². The van der Waals surface area contributed by atoms with Crippen LogP contribution in [0.15, 0.2) is 29.5 Å². The topological polar surface area (TPSA) is 38.3 Å². The summed E-state index contributed by atoms with van der Waals surface area (Å²) < 4.78 is 5.32. The second-order valence-corrected chi connectivity index (χ2v) is 7.10. The van der Waals surface area contributed by atoms with Gasteiger partial charge in [0.05, 0.1) is 6.61 Å². The van der Waals surface area contributed by atoms with E-state index in [1.807, 2.05) is 13.0 Å². The highest BCUT2D eigenvalue weighted by Gasteiger charge is 2.11. The summed E-state index contributed by atoms with van der Waals surface area (Å²) in [6.07, 6.45) is 12.4. The molecule has 0 saturated heterocycles. The largest absolute Gasteiger partial charge is 0.461 e. The maximum atomic E-state index is 12.3. The zero-order valence-electron chi connectivity index (χ0n) is 16.6. The Morgan fingerprint density at radius 3 is 2.62 bits per heavy atom. The normalized spacial score (nSPS) is 14.9. The van der Waals surface area contributed by atoms with Crippen molar-refractivity contribution in [3.63, 3.8) is 0 Å². The Hall–Kier alpha value is -2.03. The number of nitrogens with one attached hydrogen (secondary N) is 1. The van der Waals surface area contributed by atoms with Gasteiger partial charge in [0.15, 0.2) is 0 Å². The van der Waals surface area contributed by atoms with Crippen LogP contribution in [0.5, 0.6) is 0 Å². The molecule has 0 aliphatic heterocycles. The molecule has 142 valence electrons. The van der Waals surface area contributed by atoms with Crippen LogP contribution in [-0.4, -0.2) is 19.1 Å². The summed E-state index contributed by atoms with van der Waals surface area (Å²) in [6, 6.07) is 6.38. The van der Waals surface area contributed by atoms with Crippen molar-refractivity contribution in [1.29, 1.82) is 0 Å². The van der Waals surface area contributed by atoms with E-state index in [-0.39, 0.29) is 5.97 Å². The summed E-state index contributed by atoms with van der Waals surface area (Å²) >= 11 is 0. The first kappa shape index (κ1) is 20.3. The van der Waals surface area contributed by atoms with Gasteiger partial charge in [-0.2, -0.15) is 0 Å². The van der Waals surface area contributed by atoms with Crippen molar-refractivity contribution >= 4 is 18.1 Å². The van der Waals surface area contributed by atoms with E-state index in [2.05, 4.69) is 43.4 Å². The molecule has 0 heterocycles. The van der Waals surface area contributed by atoms with Crippen LogP contribution >= 0.6 is 0 Å². The Morgan fingerprint density at radius 1 is 1.15 bits per heavy atom. The molecule has 0 unspecified atom stereocenters. The number of benzene rings is 1. The lowest BCUT2D eigenvalue weighted by molar-refractivity contribution is -0.139. The van der Waals surface area contributed by atoms with E-state index in [0.29, 0.717) is 12.3 Å². The number of carbonyl (C=O) groups excluding carboxylic acids is 1. The highest BCUT2D eigenvalue weighted by Crippen LogP contribution is 2.26. The number of esters is 1. The van der Waals surface area contributed by atoms with Crippen molar-refractivity contribution < 1.29 is 9.53 Å². The predicted octanol–water partition coefficient (Wildman–Crippen LogP) is 5.64. The molecule has 1 aliphatic rings. The Labute approximate surface area is 158 Å². The maximum Gasteiger partial charge on any atom is 0.354 e. The molecular weight excluding hydrogens is 322 g/mol. The number of aryl methyl sites for hydroxylation is 1. The first-order valence-electron chi connectivity index (χ1n) is 10.1. The molecular formula is C23H33NO2. The van der Waals surface area contributed by atoms with Gasteiger partial charge in [-0.05, 0) is 74.3 Å². The third-order valence-electron chi connectivity index (χ3n) is 4.69. The van der Waals surface area contributed by atoms with Gasteiger partial charge in [-0.1, -0.05) is 44.1 Å². The van der Waals surface area contributed by atoms with Crippen molar-refractivity contribution in [1.82, 2.24) is 5.32 Å². The summed E-state index contributed by atoms with van der Waals surface area (Å²) in [4.78, 5) is 12.3. The summed E-state index contributed by atoms with van der Waals surface area (Å²) in [7, 11) is 0. The molecule has 0 bridgehead atoms. The van der Waals surface area contributed by atoms with Crippen LogP contribution in [0.3, 0.4) is 0 Å². The van der Waals surface area contributed by atoms with E-state index < -0.39 is 0 Å². The van der Waals surface area contributed by atoms with E-state index in [9.17, 15) is 4.79 Å². The number of ether oxygens (including phenoxy) is 1. The van der Waals surface area contributed by atoms with Gasteiger partial charge in [0.25, 0.3) is 0 Å². The highest BCUT2D eigenvalue weighted by molar-refractivity contribution is 5.93. The lowest BCUT2D eigenvalue weighted by atomic mass is 9.92. The molecule has 26 heavy (non-hydrogen) atoms. The third kappa shape index (κ3) is 6.36. The Bertz CT molecular complexity index is 650. The molecule has 3 heteroatoms. The average Bonchev–Trinajstić information content (AvgIpc) is 2.66. The van der Waals surface area contributed by atoms with Gasteiger partial charge >= 0.3 is 5.97 Å². The molecule has 1 fully saturated rings. The van der Waals surface area contributed by atoms with Crippen LogP contribution in [-0.2, 0) is 9.53 Å². The van der Waals surface area contributed by atoms with E-state index in [1.165, 1.54) is 43.2 Å². The zero-order valence-corrected chi connectivity index (χ0v) is 16.6. The fraction of sp³-hybridized carbons (Fsp3) is 0.522. The van der Waals surface area contributed by atoms with E-state index in [1.54, 1.807) is 5.57 Å². The smallest absolute Gasteiger partial charge is 0.354 e.